The molecule has 0 aliphatic carbocycles. The fraction of sp³-hybridized carbons (Fsp3) is 0.538. The zero-order valence-corrected chi connectivity index (χ0v) is 15.1. The summed E-state index contributed by atoms with van der Waals surface area (Å²) < 4.78 is 33.6. The normalized spacial score (nSPS) is 17.9. The molecule has 0 spiro atoms. The van der Waals surface area contributed by atoms with Crippen LogP contribution in [0.1, 0.15) is 12.8 Å². The lowest BCUT2D eigenvalue weighted by molar-refractivity contribution is 0.248. The van der Waals surface area contributed by atoms with Crippen LogP contribution in [0.15, 0.2) is 21.5 Å². The molecule has 8 heteroatoms. The van der Waals surface area contributed by atoms with Crippen molar-refractivity contribution in [3.63, 3.8) is 0 Å². The predicted octanol–water partition coefficient (Wildman–Crippen LogP) is 2.48. The lowest BCUT2D eigenvalue weighted by atomic mass is 10.1. The van der Waals surface area contributed by atoms with Gasteiger partial charge < -0.3 is 9.64 Å². The minimum Gasteiger partial charge on any atom is -0.494 e. The highest BCUT2D eigenvalue weighted by Crippen LogP contribution is 2.35. The van der Waals surface area contributed by atoms with E-state index in [2.05, 4.69) is 25.6 Å². The molecule has 1 aromatic rings. The number of ether oxygens (including phenoxy) is 1. The standard InChI is InChI=1S/C13H18BrClN2O3S/c1-17-5-3-10(4-6-17)16-21(18,19)12-8-9(15)7-11(14)13(12)20-2/h7-8,10,16H,3-6H2,1-2H3. The van der Waals surface area contributed by atoms with Crippen LogP contribution in [-0.4, -0.2) is 46.6 Å². The summed E-state index contributed by atoms with van der Waals surface area (Å²) in [5.74, 6) is 0.264. The number of halogens is 2. The van der Waals surface area contributed by atoms with Gasteiger partial charge in [0.15, 0.2) is 5.75 Å². The highest BCUT2D eigenvalue weighted by molar-refractivity contribution is 9.10. The molecule has 0 amide bonds. The van der Waals surface area contributed by atoms with E-state index in [0.717, 1.165) is 25.9 Å². The molecule has 0 radical (unpaired) electrons. The second-order valence-corrected chi connectivity index (χ2v) is 8.09. The monoisotopic (exact) mass is 396 g/mol. The molecular formula is C13H18BrClN2O3S. The number of sulfonamides is 1. The molecule has 2 rings (SSSR count). The first-order valence-electron chi connectivity index (χ1n) is 6.57. The maximum Gasteiger partial charge on any atom is 0.244 e. The summed E-state index contributed by atoms with van der Waals surface area (Å²) in [7, 11) is -0.210. The summed E-state index contributed by atoms with van der Waals surface area (Å²) >= 11 is 9.24. The third-order valence-corrected chi connectivity index (χ3v) is 5.84. The molecule has 1 fully saturated rings. The molecule has 21 heavy (non-hydrogen) atoms. The number of hydrogen-bond donors (Lipinski definition) is 1. The van der Waals surface area contributed by atoms with Crippen molar-refractivity contribution in [2.75, 3.05) is 27.2 Å². The summed E-state index contributed by atoms with van der Waals surface area (Å²) in [6, 6.07) is 2.95. The molecule has 0 atom stereocenters. The number of nitrogens with one attached hydrogen (secondary N) is 1. The summed E-state index contributed by atoms with van der Waals surface area (Å²) in [6.45, 7) is 1.76. The number of nitrogens with zero attached hydrogens (tertiary/aromatic N) is 1. The molecular weight excluding hydrogens is 380 g/mol. The summed E-state index contributed by atoms with van der Waals surface area (Å²) in [6.07, 6.45) is 1.58. The van der Waals surface area contributed by atoms with Crippen LogP contribution in [0.25, 0.3) is 0 Å². The van der Waals surface area contributed by atoms with E-state index in [-0.39, 0.29) is 16.7 Å². The van der Waals surface area contributed by atoms with E-state index < -0.39 is 10.0 Å². The van der Waals surface area contributed by atoms with E-state index in [9.17, 15) is 8.42 Å². The van der Waals surface area contributed by atoms with Gasteiger partial charge >= 0.3 is 0 Å². The molecule has 5 nitrogen and oxygen atoms in total. The van der Waals surface area contributed by atoms with Gasteiger partial charge in [-0.2, -0.15) is 0 Å². The van der Waals surface area contributed by atoms with Crippen molar-refractivity contribution >= 4 is 37.6 Å². The van der Waals surface area contributed by atoms with Gasteiger partial charge in [-0.1, -0.05) is 11.6 Å². The molecule has 0 bridgehead atoms. The van der Waals surface area contributed by atoms with Crippen LogP contribution < -0.4 is 9.46 Å². The van der Waals surface area contributed by atoms with Gasteiger partial charge in [-0.25, -0.2) is 13.1 Å². The maximum absolute atomic E-state index is 12.6. The lowest BCUT2D eigenvalue weighted by Gasteiger charge is -2.29. The van der Waals surface area contributed by atoms with Gasteiger partial charge in [0.05, 0.1) is 11.6 Å². The first kappa shape index (κ1) is 17.0. The maximum atomic E-state index is 12.6. The molecule has 0 aromatic heterocycles. The number of benzene rings is 1. The average molecular weight is 398 g/mol. The zero-order valence-electron chi connectivity index (χ0n) is 11.9. The van der Waals surface area contributed by atoms with Gasteiger partial charge in [0.1, 0.15) is 4.90 Å². The molecule has 1 aliphatic rings. The number of likely N-dealkylation sites (tertiary alicyclic amines) is 1. The van der Waals surface area contributed by atoms with E-state index in [0.29, 0.717) is 9.50 Å². The molecule has 1 N–H and O–H groups in total. The van der Waals surface area contributed by atoms with Crippen molar-refractivity contribution in [3.8, 4) is 5.75 Å². The van der Waals surface area contributed by atoms with Crippen molar-refractivity contribution in [2.45, 2.75) is 23.8 Å². The third-order valence-electron chi connectivity index (χ3n) is 3.51. The minimum absolute atomic E-state index is 0.0586. The number of hydrogen-bond acceptors (Lipinski definition) is 4. The van der Waals surface area contributed by atoms with Crippen molar-refractivity contribution < 1.29 is 13.2 Å². The van der Waals surface area contributed by atoms with Gasteiger partial charge in [0.2, 0.25) is 10.0 Å². The van der Waals surface area contributed by atoms with E-state index in [1.165, 1.54) is 13.2 Å². The Morgan fingerprint density at radius 2 is 2.00 bits per heavy atom. The molecule has 118 valence electrons. The predicted molar refractivity (Wildman–Crippen MR) is 86.5 cm³/mol. The van der Waals surface area contributed by atoms with Gasteiger partial charge in [-0.05, 0) is 61.0 Å². The van der Waals surface area contributed by atoms with Crippen molar-refractivity contribution in [1.29, 1.82) is 0 Å². The van der Waals surface area contributed by atoms with E-state index in [1.807, 2.05) is 7.05 Å². The van der Waals surface area contributed by atoms with Gasteiger partial charge in [0.25, 0.3) is 0 Å². The third kappa shape index (κ3) is 4.10. The number of piperidine rings is 1. The average Bonchev–Trinajstić information content (AvgIpc) is 2.40. The van der Waals surface area contributed by atoms with Crippen LogP contribution in [0.3, 0.4) is 0 Å². The van der Waals surface area contributed by atoms with Crippen molar-refractivity contribution in [1.82, 2.24) is 9.62 Å². The SMILES string of the molecule is COc1c(Br)cc(Cl)cc1S(=O)(=O)NC1CCN(C)CC1. The second-order valence-electron chi connectivity index (χ2n) is 5.12. The topological polar surface area (TPSA) is 58.6 Å². The highest BCUT2D eigenvalue weighted by atomic mass is 79.9. The second kappa shape index (κ2) is 6.83. The first-order chi connectivity index (χ1) is 9.83. The van der Waals surface area contributed by atoms with Crippen LogP contribution in [0.5, 0.6) is 5.75 Å². The summed E-state index contributed by atoms with van der Waals surface area (Å²) in [5, 5.41) is 0.339. The Bertz CT molecular complexity index is 616. The van der Waals surface area contributed by atoms with Gasteiger partial charge in [-0.3, -0.25) is 0 Å². The Morgan fingerprint density at radius 1 is 1.38 bits per heavy atom. The van der Waals surface area contributed by atoms with Crippen molar-refractivity contribution in [3.05, 3.63) is 21.6 Å². The Hall–Kier alpha value is -0.340. The smallest absolute Gasteiger partial charge is 0.244 e. The van der Waals surface area contributed by atoms with E-state index >= 15 is 0 Å². The molecule has 1 saturated heterocycles. The Balaban J connectivity index is 2.27. The van der Waals surface area contributed by atoms with Gasteiger partial charge in [-0.15, -0.1) is 0 Å². The number of rotatable bonds is 4. The van der Waals surface area contributed by atoms with Crippen LogP contribution >= 0.6 is 27.5 Å². The summed E-state index contributed by atoms with van der Waals surface area (Å²) in [5.41, 5.74) is 0. The van der Waals surface area contributed by atoms with Gasteiger partial charge in [0, 0.05) is 11.1 Å². The van der Waals surface area contributed by atoms with Crippen LogP contribution in [-0.2, 0) is 10.0 Å². The van der Waals surface area contributed by atoms with E-state index in [4.69, 9.17) is 16.3 Å². The first-order valence-corrected chi connectivity index (χ1v) is 9.23. The lowest BCUT2D eigenvalue weighted by Crippen LogP contribution is -2.43. The highest BCUT2D eigenvalue weighted by Gasteiger charge is 2.27. The quantitative estimate of drug-likeness (QED) is 0.848. The molecule has 1 aliphatic heterocycles. The number of methoxy groups -OCH3 is 1. The van der Waals surface area contributed by atoms with Crippen molar-refractivity contribution in [2.24, 2.45) is 0 Å². The van der Waals surface area contributed by atoms with E-state index in [1.54, 1.807) is 6.07 Å². The molecule has 1 aromatic carbocycles. The molecule has 1 heterocycles. The Kier molecular flexibility index (Phi) is 5.54. The van der Waals surface area contributed by atoms with Crippen LogP contribution in [0.4, 0.5) is 0 Å². The molecule has 0 saturated carbocycles. The van der Waals surface area contributed by atoms with Crippen LogP contribution in [0.2, 0.25) is 5.02 Å². The zero-order chi connectivity index (χ0) is 15.6. The Morgan fingerprint density at radius 3 is 2.57 bits per heavy atom. The molecule has 0 unspecified atom stereocenters. The largest absolute Gasteiger partial charge is 0.494 e. The van der Waals surface area contributed by atoms with Crippen LogP contribution in [0, 0.1) is 0 Å². The Labute approximate surface area is 138 Å². The minimum atomic E-state index is -3.67. The fourth-order valence-electron chi connectivity index (χ4n) is 2.34. The summed E-state index contributed by atoms with van der Waals surface area (Å²) in [4.78, 5) is 2.24. The fourth-order valence-corrected chi connectivity index (χ4v) is 5.03.